The van der Waals surface area contributed by atoms with Gasteiger partial charge in [0, 0.05) is 18.8 Å². The first kappa shape index (κ1) is 12.9. The average molecular weight is 247 g/mol. The molecule has 1 saturated heterocycles. The lowest BCUT2D eigenvalue weighted by Gasteiger charge is -2.41. The Morgan fingerprint density at radius 1 is 1.39 bits per heavy atom. The molecule has 0 saturated carbocycles. The number of hydrogen-bond acceptors (Lipinski definition) is 2. The highest BCUT2D eigenvalue weighted by Gasteiger charge is 2.33. The lowest BCUT2D eigenvalue weighted by atomic mass is 9.79. The second-order valence-corrected chi connectivity index (χ2v) is 5.74. The van der Waals surface area contributed by atoms with Crippen LogP contribution >= 0.6 is 0 Å². The third kappa shape index (κ3) is 3.03. The van der Waals surface area contributed by atoms with Crippen LogP contribution in [0.1, 0.15) is 31.7 Å². The largest absolute Gasteiger partial charge is 0.481 e. The SMILES string of the molecule is Cc1ccc(N2CCCC(C)(CC(=O)O)C2)cc1. The van der Waals surface area contributed by atoms with Crippen molar-refractivity contribution in [1.29, 1.82) is 0 Å². The molecule has 18 heavy (non-hydrogen) atoms. The van der Waals surface area contributed by atoms with E-state index in [2.05, 4.69) is 43.0 Å². The predicted octanol–water partition coefficient (Wildman–Crippen LogP) is 3.08. The Labute approximate surface area is 108 Å². The predicted molar refractivity (Wildman–Crippen MR) is 73.0 cm³/mol. The number of nitrogens with zero attached hydrogens (tertiary/aromatic N) is 1. The van der Waals surface area contributed by atoms with Crippen LogP contribution < -0.4 is 4.90 Å². The molecule has 1 unspecified atom stereocenters. The van der Waals surface area contributed by atoms with E-state index < -0.39 is 5.97 Å². The zero-order valence-electron chi connectivity index (χ0n) is 11.1. The topological polar surface area (TPSA) is 40.5 Å². The summed E-state index contributed by atoms with van der Waals surface area (Å²) in [6.45, 7) is 6.02. The van der Waals surface area contributed by atoms with Gasteiger partial charge in [0.05, 0.1) is 6.42 Å². The fraction of sp³-hybridized carbons (Fsp3) is 0.533. The number of benzene rings is 1. The summed E-state index contributed by atoms with van der Waals surface area (Å²) in [6.07, 6.45) is 2.33. The molecule has 1 aromatic rings. The number of piperidine rings is 1. The normalized spacial score (nSPS) is 24.0. The van der Waals surface area contributed by atoms with Crippen molar-refractivity contribution >= 4 is 11.7 Å². The summed E-state index contributed by atoms with van der Waals surface area (Å²) >= 11 is 0. The fourth-order valence-electron chi connectivity index (χ4n) is 2.80. The van der Waals surface area contributed by atoms with Gasteiger partial charge in [0.1, 0.15) is 0 Å². The lowest BCUT2D eigenvalue weighted by Crippen LogP contribution is -2.42. The number of aliphatic carboxylic acids is 1. The molecule has 1 fully saturated rings. The van der Waals surface area contributed by atoms with Gasteiger partial charge in [-0.2, -0.15) is 0 Å². The highest BCUT2D eigenvalue weighted by molar-refractivity contribution is 5.68. The van der Waals surface area contributed by atoms with Crippen molar-refractivity contribution in [2.75, 3.05) is 18.0 Å². The van der Waals surface area contributed by atoms with E-state index in [9.17, 15) is 4.79 Å². The Morgan fingerprint density at radius 3 is 2.67 bits per heavy atom. The van der Waals surface area contributed by atoms with Crippen LogP contribution in [0.4, 0.5) is 5.69 Å². The van der Waals surface area contributed by atoms with Crippen LogP contribution in [0.2, 0.25) is 0 Å². The van der Waals surface area contributed by atoms with Gasteiger partial charge in [-0.1, -0.05) is 24.6 Å². The number of aryl methyl sites for hydroxylation is 1. The average Bonchev–Trinajstić information content (AvgIpc) is 2.28. The molecule has 98 valence electrons. The maximum absolute atomic E-state index is 10.9. The van der Waals surface area contributed by atoms with Gasteiger partial charge in [-0.15, -0.1) is 0 Å². The first-order valence-corrected chi connectivity index (χ1v) is 6.52. The van der Waals surface area contributed by atoms with Crippen molar-refractivity contribution in [3.63, 3.8) is 0 Å². The Kier molecular flexibility index (Phi) is 3.60. The molecule has 1 N–H and O–H groups in total. The van der Waals surface area contributed by atoms with Gasteiger partial charge < -0.3 is 10.0 Å². The van der Waals surface area contributed by atoms with E-state index in [1.807, 2.05) is 0 Å². The molecule has 0 radical (unpaired) electrons. The van der Waals surface area contributed by atoms with Crippen LogP contribution in [0.25, 0.3) is 0 Å². The number of carboxylic acids is 1. The van der Waals surface area contributed by atoms with Crippen molar-refractivity contribution in [3.05, 3.63) is 29.8 Å². The standard InChI is InChI=1S/C15H21NO2/c1-12-4-6-13(7-5-12)16-9-3-8-15(2,11-16)10-14(17)18/h4-7H,3,8-11H2,1-2H3,(H,17,18). The van der Waals surface area contributed by atoms with Crippen molar-refractivity contribution < 1.29 is 9.90 Å². The van der Waals surface area contributed by atoms with Crippen molar-refractivity contribution in [2.45, 2.75) is 33.1 Å². The Bertz CT molecular complexity index is 427. The summed E-state index contributed by atoms with van der Waals surface area (Å²) in [5, 5.41) is 9.01. The summed E-state index contributed by atoms with van der Waals surface area (Å²) in [6, 6.07) is 8.47. The minimum atomic E-state index is -0.691. The van der Waals surface area contributed by atoms with Gasteiger partial charge in [0.25, 0.3) is 0 Å². The molecule has 3 nitrogen and oxygen atoms in total. The zero-order chi connectivity index (χ0) is 13.2. The molecule has 1 aliphatic rings. The number of carbonyl (C=O) groups is 1. The summed E-state index contributed by atoms with van der Waals surface area (Å²) in [5.74, 6) is -0.691. The molecule has 1 aromatic carbocycles. The quantitative estimate of drug-likeness (QED) is 0.892. The first-order chi connectivity index (χ1) is 8.48. The zero-order valence-corrected chi connectivity index (χ0v) is 11.1. The number of rotatable bonds is 3. The van der Waals surface area contributed by atoms with Gasteiger partial charge in [-0.05, 0) is 37.3 Å². The summed E-state index contributed by atoms with van der Waals surface area (Å²) in [4.78, 5) is 13.3. The number of carboxylic acid groups (broad SMARTS) is 1. The van der Waals surface area contributed by atoms with E-state index in [1.54, 1.807) is 0 Å². The van der Waals surface area contributed by atoms with Crippen LogP contribution in [0.3, 0.4) is 0 Å². The monoisotopic (exact) mass is 247 g/mol. The van der Waals surface area contributed by atoms with E-state index in [-0.39, 0.29) is 11.8 Å². The first-order valence-electron chi connectivity index (χ1n) is 6.52. The van der Waals surface area contributed by atoms with Gasteiger partial charge in [0.2, 0.25) is 0 Å². The fourth-order valence-corrected chi connectivity index (χ4v) is 2.80. The van der Waals surface area contributed by atoms with E-state index >= 15 is 0 Å². The summed E-state index contributed by atoms with van der Waals surface area (Å²) in [7, 11) is 0. The molecule has 0 aliphatic carbocycles. The highest BCUT2D eigenvalue weighted by Crippen LogP contribution is 2.35. The van der Waals surface area contributed by atoms with Crippen molar-refractivity contribution in [3.8, 4) is 0 Å². The molecular formula is C15H21NO2. The van der Waals surface area contributed by atoms with Crippen LogP contribution in [-0.2, 0) is 4.79 Å². The third-order valence-electron chi connectivity index (χ3n) is 3.76. The van der Waals surface area contributed by atoms with E-state index in [0.29, 0.717) is 0 Å². The lowest BCUT2D eigenvalue weighted by molar-refractivity contribution is -0.139. The molecule has 0 aromatic heterocycles. The van der Waals surface area contributed by atoms with Crippen molar-refractivity contribution in [1.82, 2.24) is 0 Å². The molecule has 1 heterocycles. The number of hydrogen-bond donors (Lipinski definition) is 1. The molecule has 1 atom stereocenters. The van der Waals surface area contributed by atoms with Crippen LogP contribution in [-0.4, -0.2) is 24.2 Å². The second-order valence-electron chi connectivity index (χ2n) is 5.74. The number of anilines is 1. The molecular weight excluding hydrogens is 226 g/mol. The highest BCUT2D eigenvalue weighted by atomic mass is 16.4. The molecule has 3 heteroatoms. The van der Waals surface area contributed by atoms with Crippen LogP contribution in [0, 0.1) is 12.3 Å². The smallest absolute Gasteiger partial charge is 0.303 e. The molecule has 0 spiro atoms. The van der Waals surface area contributed by atoms with Gasteiger partial charge in [0.15, 0.2) is 0 Å². The Balaban J connectivity index is 2.11. The van der Waals surface area contributed by atoms with Gasteiger partial charge in [-0.3, -0.25) is 4.79 Å². The molecule has 1 aliphatic heterocycles. The third-order valence-corrected chi connectivity index (χ3v) is 3.76. The minimum Gasteiger partial charge on any atom is -0.481 e. The molecule has 0 bridgehead atoms. The maximum Gasteiger partial charge on any atom is 0.303 e. The summed E-state index contributed by atoms with van der Waals surface area (Å²) in [5.41, 5.74) is 2.36. The van der Waals surface area contributed by atoms with E-state index in [4.69, 9.17) is 5.11 Å². The van der Waals surface area contributed by atoms with Gasteiger partial charge in [-0.25, -0.2) is 0 Å². The van der Waals surface area contributed by atoms with E-state index in [0.717, 1.165) is 25.9 Å². The Morgan fingerprint density at radius 2 is 2.06 bits per heavy atom. The van der Waals surface area contributed by atoms with Crippen LogP contribution in [0.15, 0.2) is 24.3 Å². The second kappa shape index (κ2) is 5.01. The molecule has 0 amide bonds. The maximum atomic E-state index is 10.9. The van der Waals surface area contributed by atoms with Crippen LogP contribution in [0.5, 0.6) is 0 Å². The minimum absolute atomic E-state index is 0.102. The van der Waals surface area contributed by atoms with E-state index in [1.165, 1.54) is 11.3 Å². The Hall–Kier alpha value is -1.51. The van der Waals surface area contributed by atoms with Crippen molar-refractivity contribution in [2.24, 2.45) is 5.41 Å². The summed E-state index contributed by atoms with van der Waals surface area (Å²) < 4.78 is 0. The molecule has 2 rings (SSSR count). The van der Waals surface area contributed by atoms with Gasteiger partial charge >= 0.3 is 5.97 Å².